The van der Waals surface area contributed by atoms with Gasteiger partial charge in [-0.05, 0) is 40.5 Å². The molecule has 0 aromatic heterocycles. The summed E-state index contributed by atoms with van der Waals surface area (Å²) in [5, 5.41) is 15.9. The molecule has 0 saturated carbocycles. The lowest BCUT2D eigenvalue weighted by atomic mass is 9.85. The fraction of sp³-hybridized carbons (Fsp3) is 0.737. The lowest BCUT2D eigenvalue weighted by molar-refractivity contribution is -0.168. The summed E-state index contributed by atoms with van der Waals surface area (Å²) >= 11 is 0. The number of oxime groups is 1. The third-order valence-electron chi connectivity index (χ3n) is 5.06. The highest BCUT2D eigenvalue weighted by Crippen LogP contribution is 2.39. The Morgan fingerprint density at radius 2 is 2.07 bits per heavy atom. The lowest BCUT2D eigenvalue weighted by Crippen LogP contribution is -2.75. The van der Waals surface area contributed by atoms with Crippen LogP contribution in [0.25, 0.3) is 0 Å². The van der Waals surface area contributed by atoms with Gasteiger partial charge in [-0.1, -0.05) is 5.16 Å². The maximum atomic E-state index is 13.2. The number of rotatable bonds is 6. The van der Waals surface area contributed by atoms with E-state index >= 15 is 0 Å². The molecule has 0 aliphatic carbocycles. The molecule has 2 aliphatic rings. The SMILES string of the molecule is C=NOC(CN1CC2(CCCN2C(=O)C(NC(=O)OC(C)(C)C)C(C)O)C1=O)=NC. The summed E-state index contributed by atoms with van der Waals surface area (Å²) in [6, 6.07) is -1.22. The number of aliphatic hydroxyl groups excluding tert-OH is 1. The van der Waals surface area contributed by atoms with Crippen LogP contribution >= 0.6 is 0 Å². The Balaban J connectivity index is 2.11. The molecule has 2 N–H and O–H groups in total. The van der Waals surface area contributed by atoms with Gasteiger partial charge in [-0.2, -0.15) is 0 Å². The second-order valence-corrected chi connectivity index (χ2v) is 8.49. The van der Waals surface area contributed by atoms with Gasteiger partial charge >= 0.3 is 6.09 Å². The van der Waals surface area contributed by atoms with Gasteiger partial charge < -0.3 is 29.8 Å². The third kappa shape index (κ3) is 4.89. The summed E-state index contributed by atoms with van der Waals surface area (Å²) in [5.41, 5.74) is -1.74. The van der Waals surface area contributed by atoms with Crippen molar-refractivity contribution in [2.45, 2.75) is 63.8 Å². The van der Waals surface area contributed by atoms with Crippen molar-refractivity contribution >= 4 is 30.5 Å². The first kappa shape index (κ1) is 23.6. The quantitative estimate of drug-likeness (QED) is 0.269. The lowest BCUT2D eigenvalue weighted by Gasteiger charge is -2.51. The zero-order valence-corrected chi connectivity index (χ0v) is 18.2. The van der Waals surface area contributed by atoms with Gasteiger partial charge in [0.15, 0.2) is 0 Å². The van der Waals surface area contributed by atoms with E-state index in [2.05, 4.69) is 22.2 Å². The molecule has 0 bridgehead atoms. The number of hydrogen-bond donors (Lipinski definition) is 2. The highest BCUT2D eigenvalue weighted by atomic mass is 16.6. The molecule has 2 fully saturated rings. The number of aliphatic hydroxyl groups is 1. The number of hydrogen-bond acceptors (Lipinski definition) is 8. The smallest absolute Gasteiger partial charge is 0.408 e. The minimum absolute atomic E-state index is 0.119. The zero-order chi connectivity index (χ0) is 22.7. The molecule has 2 aliphatic heterocycles. The number of β-lactam (4-membered cyclic amide) rings is 1. The maximum absolute atomic E-state index is 13.2. The summed E-state index contributed by atoms with van der Waals surface area (Å²) in [6.45, 7) is 10.5. The van der Waals surface area contributed by atoms with Crippen LogP contribution in [0.2, 0.25) is 0 Å². The molecule has 2 heterocycles. The van der Waals surface area contributed by atoms with Crippen molar-refractivity contribution in [2.75, 3.05) is 26.7 Å². The Kier molecular flexibility index (Phi) is 7.06. The summed E-state index contributed by atoms with van der Waals surface area (Å²) in [5.74, 6) is -0.518. The first-order chi connectivity index (χ1) is 13.9. The van der Waals surface area contributed by atoms with Gasteiger partial charge in [0.05, 0.1) is 19.2 Å². The van der Waals surface area contributed by atoms with Crippen LogP contribution in [0.3, 0.4) is 0 Å². The molecule has 11 heteroatoms. The fourth-order valence-electron chi connectivity index (χ4n) is 3.74. The van der Waals surface area contributed by atoms with Crippen molar-refractivity contribution < 1.29 is 29.1 Å². The van der Waals surface area contributed by atoms with Crippen molar-refractivity contribution in [3.63, 3.8) is 0 Å². The molecule has 3 amide bonds. The van der Waals surface area contributed by atoms with Crippen LogP contribution in [0.1, 0.15) is 40.5 Å². The topological polar surface area (TPSA) is 133 Å². The van der Waals surface area contributed by atoms with Crippen LogP contribution in [-0.2, 0) is 19.2 Å². The number of alkyl carbamates (subject to hydrolysis) is 1. The van der Waals surface area contributed by atoms with Crippen molar-refractivity contribution in [1.29, 1.82) is 0 Å². The fourth-order valence-corrected chi connectivity index (χ4v) is 3.74. The van der Waals surface area contributed by atoms with Gasteiger partial charge in [0.25, 0.3) is 5.91 Å². The zero-order valence-electron chi connectivity index (χ0n) is 18.2. The van der Waals surface area contributed by atoms with Gasteiger partial charge in [0.2, 0.25) is 11.8 Å². The number of aliphatic imine (C=N–C) groups is 1. The van der Waals surface area contributed by atoms with E-state index in [9.17, 15) is 19.5 Å². The highest BCUT2D eigenvalue weighted by molar-refractivity contribution is 6.00. The Morgan fingerprint density at radius 1 is 1.40 bits per heavy atom. The molecule has 0 aromatic rings. The number of likely N-dealkylation sites (tertiary alicyclic amines) is 2. The van der Waals surface area contributed by atoms with Crippen LogP contribution < -0.4 is 5.32 Å². The molecule has 168 valence electrons. The molecule has 0 radical (unpaired) electrons. The average molecular weight is 425 g/mol. The highest BCUT2D eigenvalue weighted by Gasteiger charge is 2.60. The Hall–Kier alpha value is -2.69. The van der Waals surface area contributed by atoms with E-state index in [1.165, 1.54) is 23.8 Å². The summed E-state index contributed by atoms with van der Waals surface area (Å²) < 4.78 is 5.19. The van der Waals surface area contributed by atoms with Crippen molar-refractivity contribution in [2.24, 2.45) is 10.1 Å². The second kappa shape index (κ2) is 8.99. The number of nitrogens with zero attached hydrogens (tertiary/aromatic N) is 4. The van der Waals surface area contributed by atoms with Crippen molar-refractivity contribution in [3.8, 4) is 0 Å². The van der Waals surface area contributed by atoms with Crippen LogP contribution in [0.15, 0.2) is 10.1 Å². The summed E-state index contributed by atoms with van der Waals surface area (Å²) in [6.07, 6.45) is -0.829. The van der Waals surface area contributed by atoms with Gasteiger partial charge in [-0.25, -0.2) is 4.79 Å². The van der Waals surface area contributed by atoms with E-state index in [0.717, 1.165) is 0 Å². The molecule has 3 atom stereocenters. The number of carbonyl (C=O) groups is 3. The maximum Gasteiger partial charge on any atom is 0.408 e. The monoisotopic (exact) mass is 425 g/mol. The first-order valence-corrected chi connectivity index (χ1v) is 9.82. The van der Waals surface area contributed by atoms with Crippen molar-refractivity contribution in [1.82, 2.24) is 15.1 Å². The summed E-state index contributed by atoms with van der Waals surface area (Å²) in [4.78, 5) is 50.1. The molecule has 1 spiro atoms. The third-order valence-corrected chi connectivity index (χ3v) is 5.06. The predicted molar refractivity (Wildman–Crippen MR) is 109 cm³/mol. The van der Waals surface area contributed by atoms with Gasteiger partial charge in [-0.3, -0.25) is 14.6 Å². The van der Waals surface area contributed by atoms with E-state index < -0.39 is 35.3 Å². The molecule has 0 aromatic carbocycles. The molecule has 2 rings (SSSR count). The minimum Gasteiger partial charge on any atom is -0.444 e. The second-order valence-electron chi connectivity index (χ2n) is 8.49. The summed E-state index contributed by atoms with van der Waals surface area (Å²) in [7, 11) is 1.52. The van der Waals surface area contributed by atoms with Crippen LogP contribution in [0.4, 0.5) is 4.79 Å². The number of amides is 3. The molecule has 3 unspecified atom stereocenters. The molecule has 30 heavy (non-hydrogen) atoms. The standard InChI is InChI=1S/C19H31N5O6/c1-12(25)14(22-17(28)29-18(2,3)4)15(26)24-9-7-8-19(24)11-23(16(19)27)10-13(20-5)30-21-6/h12,14,25H,6-11H2,1-5H3,(H,22,28). The van der Waals surface area contributed by atoms with E-state index in [1.807, 2.05) is 0 Å². The Bertz CT molecular complexity index is 731. The van der Waals surface area contributed by atoms with Gasteiger partial charge in [0.1, 0.15) is 17.2 Å². The van der Waals surface area contributed by atoms with E-state index in [-0.39, 0.29) is 18.3 Å². The average Bonchev–Trinajstić information content (AvgIpc) is 3.09. The van der Waals surface area contributed by atoms with Crippen LogP contribution in [0, 0.1) is 0 Å². The Morgan fingerprint density at radius 3 is 2.57 bits per heavy atom. The van der Waals surface area contributed by atoms with E-state index in [1.54, 1.807) is 20.8 Å². The minimum atomic E-state index is -1.22. The Labute approximate surface area is 176 Å². The van der Waals surface area contributed by atoms with E-state index in [0.29, 0.717) is 25.9 Å². The van der Waals surface area contributed by atoms with Gasteiger partial charge in [0, 0.05) is 20.3 Å². The predicted octanol–water partition coefficient (Wildman–Crippen LogP) is 0.124. The van der Waals surface area contributed by atoms with E-state index in [4.69, 9.17) is 9.57 Å². The number of ether oxygens (including phenoxy) is 1. The molecular weight excluding hydrogens is 394 g/mol. The normalized spacial score (nSPS) is 23.7. The molecule has 11 nitrogen and oxygen atoms in total. The number of nitrogens with one attached hydrogen (secondary N) is 1. The van der Waals surface area contributed by atoms with Crippen LogP contribution in [0.5, 0.6) is 0 Å². The first-order valence-electron chi connectivity index (χ1n) is 9.82. The molecule has 2 saturated heterocycles. The van der Waals surface area contributed by atoms with Crippen LogP contribution in [-0.4, -0.2) is 95.4 Å². The van der Waals surface area contributed by atoms with Crippen molar-refractivity contribution in [3.05, 3.63) is 0 Å². The molecular formula is C19H31N5O6. The largest absolute Gasteiger partial charge is 0.444 e. The number of carbonyl (C=O) groups excluding carboxylic acids is 3. The van der Waals surface area contributed by atoms with Gasteiger partial charge in [-0.15, -0.1) is 0 Å².